The molecule has 0 aromatic heterocycles. The van der Waals surface area contributed by atoms with Gasteiger partial charge in [-0.25, -0.2) is 0 Å². The normalized spacial score (nSPS) is 32.1. The van der Waals surface area contributed by atoms with Crippen LogP contribution in [0.5, 0.6) is 0 Å². The summed E-state index contributed by atoms with van der Waals surface area (Å²) >= 11 is 2.09. The van der Waals surface area contributed by atoms with Gasteiger partial charge in [0.05, 0.1) is 0 Å². The smallest absolute Gasteiger partial charge is 0.0276 e. The van der Waals surface area contributed by atoms with Crippen molar-refractivity contribution in [3.63, 3.8) is 0 Å². The molecule has 1 fully saturated rings. The van der Waals surface area contributed by atoms with Gasteiger partial charge in [0.25, 0.3) is 0 Å². The maximum Gasteiger partial charge on any atom is 0.0276 e. The molecule has 1 heterocycles. The number of hydrogen-bond donors (Lipinski definition) is 1. The molecular formula is C10H22N2S. The molecule has 0 aromatic rings. The van der Waals surface area contributed by atoms with Crippen molar-refractivity contribution in [3.05, 3.63) is 0 Å². The van der Waals surface area contributed by atoms with E-state index in [9.17, 15) is 0 Å². The van der Waals surface area contributed by atoms with E-state index in [1.54, 1.807) is 0 Å². The quantitative estimate of drug-likeness (QED) is 0.736. The van der Waals surface area contributed by atoms with Crippen molar-refractivity contribution in [2.75, 3.05) is 19.6 Å². The molecule has 3 heteroatoms. The second kappa shape index (κ2) is 4.20. The van der Waals surface area contributed by atoms with Gasteiger partial charge in [0, 0.05) is 35.7 Å². The number of rotatable bonds is 2. The average molecular weight is 202 g/mol. The molecule has 2 N–H and O–H groups in total. The van der Waals surface area contributed by atoms with Gasteiger partial charge < -0.3 is 5.73 Å². The van der Waals surface area contributed by atoms with Crippen LogP contribution in [0.4, 0.5) is 0 Å². The van der Waals surface area contributed by atoms with Crippen molar-refractivity contribution in [1.82, 2.24) is 4.90 Å². The zero-order valence-corrected chi connectivity index (χ0v) is 10.0. The first-order valence-corrected chi connectivity index (χ1v) is 6.00. The fourth-order valence-corrected chi connectivity index (χ4v) is 3.13. The Morgan fingerprint density at radius 2 is 1.77 bits per heavy atom. The van der Waals surface area contributed by atoms with Gasteiger partial charge in [-0.2, -0.15) is 11.8 Å². The van der Waals surface area contributed by atoms with E-state index in [-0.39, 0.29) is 5.54 Å². The van der Waals surface area contributed by atoms with Crippen LogP contribution in [0.2, 0.25) is 0 Å². The molecule has 0 bridgehead atoms. The summed E-state index contributed by atoms with van der Waals surface area (Å²) < 4.78 is 0. The second-order valence-electron chi connectivity index (χ2n) is 4.68. The van der Waals surface area contributed by atoms with Crippen molar-refractivity contribution < 1.29 is 0 Å². The van der Waals surface area contributed by atoms with E-state index in [1.165, 1.54) is 13.1 Å². The van der Waals surface area contributed by atoms with Gasteiger partial charge in [-0.05, 0) is 13.8 Å². The van der Waals surface area contributed by atoms with Gasteiger partial charge in [-0.15, -0.1) is 0 Å². The fourth-order valence-electron chi connectivity index (χ4n) is 1.80. The molecule has 1 aliphatic heterocycles. The summed E-state index contributed by atoms with van der Waals surface area (Å²) in [4.78, 5) is 2.53. The molecule has 2 unspecified atom stereocenters. The Kier molecular flexibility index (Phi) is 3.66. The van der Waals surface area contributed by atoms with E-state index in [0.717, 1.165) is 17.0 Å². The molecule has 0 radical (unpaired) electrons. The lowest BCUT2D eigenvalue weighted by molar-refractivity contribution is 0.125. The first kappa shape index (κ1) is 11.3. The molecule has 0 spiro atoms. The standard InChI is InChI=1S/C10H22N2S/c1-8-5-12(6-9(2)13-8)10(3,4)7-11/h8-9H,5-7,11H2,1-4H3. The zero-order valence-electron chi connectivity index (χ0n) is 9.21. The Morgan fingerprint density at radius 1 is 1.31 bits per heavy atom. The fraction of sp³-hybridized carbons (Fsp3) is 1.00. The molecule has 1 aliphatic rings. The van der Waals surface area contributed by atoms with Crippen molar-refractivity contribution in [2.24, 2.45) is 5.73 Å². The number of thioether (sulfide) groups is 1. The van der Waals surface area contributed by atoms with Gasteiger partial charge in [-0.1, -0.05) is 13.8 Å². The van der Waals surface area contributed by atoms with Crippen LogP contribution in [0, 0.1) is 0 Å². The molecule has 0 aliphatic carbocycles. The third-order valence-electron chi connectivity index (χ3n) is 2.78. The summed E-state index contributed by atoms with van der Waals surface area (Å²) in [6, 6.07) is 0. The van der Waals surface area contributed by atoms with Crippen LogP contribution < -0.4 is 5.73 Å². The number of hydrogen-bond acceptors (Lipinski definition) is 3. The topological polar surface area (TPSA) is 29.3 Å². The highest BCUT2D eigenvalue weighted by molar-refractivity contribution is 8.00. The van der Waals surface area contributed by atoms with E-state index in [4.69, 9.17) is 5.73 Å². The molecule has 0 amide bonds. The summed E-state index contributed by atoms with van der Waals surface area (Å²) in [6.07, 6.45) is 0. The largest absolute Gasteiger partial charge is 0.329 e. The van der Waals surface area contributed by atoms with Crippen LogP contribution in [0.3, 0.4) is 0 Å². The predicted molar refractivity (Wildman–Crippen MR) is 61.2 cm³/mol. The Balaban J connectivity index is 2.59. The van der Waals surface area contributed by atoms with Crippen molar-refractivity contribution >= 4 is 11.8 Å². The highest BCUT2D eigenvalue weighted by Gasteiger charge is 2.31. The first-order valence-electron chi connectivity index (χ1n) is 5.06. The van der Waals surface area contributed by atoms with Gasteiger partial charge in [-0.3, -0.25) is 4.90 Å². The van der Waals surface area contributed by atoms with E-state index < -0.39 is 0 Å². The molecule has 13 heavy (non-hydrogen) atoms. The summed E-state index contributed by atoms with van der Waals surface area (Å²) in [6.45, 7) is 12.2. The first-order chi connectivity index (χ1) is 5.95. The van der Waals surface area contributed by atoms with Crippen LogP contribution >= 0.6 is 11.8 Å². The van der Waals surface area contributed by atoms with Gasteiger partial charge >= 0.3 is 0 Å². The monoisotopic (exact) mass is 202 g/mol. The molecular weight excluding hydrogens is 180 g/mol. The van der Waals surface area contributed by atoms with E-state index in [0.29, 0.717) is 0 Å². The Hall–Kier alpha value is 0.270. The summed E-state index contributed by atoms with van der Waals surface area (Å²) in [7, 11) is 0. The van der Waals surface area contributed by atoms with Crippen LogP contribution in [0.25, 0.3) is 0 Å². The number of nitrogens with zero attached hydrogens (tertiary/aromatic N) is 1. The van der Waals surface area contributed by atoms with Gasteiger partial charge in [0.1, 0.15) is 0 Å². The van der Waals surface area contributed by atoms with Gasteiger partial charge in [0.2, 0.25) is 0 Å². The van der Waals surface area contributed by atoms with Crippen molar-refractivity contribution in [3.8, 4) is 0 Å². The van der Waals surface area contributed by atoms with Crippen molar-refractivity contribution in [1.29, 1.82) is 0 Å². The summed E-state index contributed by atoms with van der Waals surface area (Å²) in [5, 5.41) is 1.49. The molecule has 2 atom stereocenters. The van der Waals surface area contributed by atoms with Gasteiger partial charge in [0.15, 0.2) is 0 Å². The maximum atomic E-state index is 5.78. The molecule has 78 valence electrons. The molecule has 1 rings (SSSR count). The van der Waals surface area contributed by atoms with E-state index in [1.807, 2.05) is 0 Å². The lowest BCUT2D eigenvalue weighted by atomic mass is 10.0. The Morgan fingerprint density at radius 3 is 2.15 bits per heavy atom. The molecule has 2 nitrogen and oxygen atoms in total. The predicted octanol–water partition coefficient (Wildman–Crippen LogP) is 1.55. The Bertz CT molecular complexity index is 160. The van der Waals surface area contributed by atoms with Crippen LogP contribution in [-0.4, -0.2) is 40.6 Å². The third-order valence-corrected chi connectivity index (χ3v) is 4.00. The van der Waals surface area contributed by atoms with Crippen LogP contribution in [0.15, 0.2) is 0 Å². The average Bonchev–Trinajstić information content (AvgIpc) is 2.02. The SMILES string of the molecule is CC1CN(C(C)(C)CN)CC(C)S1. The summed E-state index contributed by atoms with van der Waals surface area (Å²) in [5.41, 5.74) is 5.95. The van der Waals surface area contributed by atoms with E-state index in [2.05, 4.69) is 44.4 Å². The lowest BCUT2D eigenvalue weighted by Gasteiger charge is -2.44. The van der Waals surface area contributed by atoms with E-state index >= 15 is 0 Å². The van der Waals surface area contributed by atoms with Crippen LogP contribution in [0.1, 0.15) is 27.7 Å². The van der Waals surface area contributed by atoms with Crippen molar-refractivity contribution in [2.45, 2.75) is 43.7 Å². The second-order valence-corrected chi connectivity index (χ2v) is 6.56. The Labute approximate surface area is 86.2 Å². The number of nitrogens with two attached hydrogens (primary N) is 1. The minimum atomic E-state index is 0.170. The third kappa shape index (κ3) is 2.86. The highest BCUT2D eigenvalue weighted by atomic mass is 32.2. The maximum absolute atomic E-state index is 5.78. The highest BCUT2D eigenvalue weighted by Crippen LogP contribution is 2.28. The zero-order chi connectivity index (χ0) is 10.1. The summed E-state index contributed by atoms with van der Waals surface area (Å²) in [5.74, 6) is 0. The minimum Gasteiger partial charge on any atom is -0.329 e. The minimum absolute atomic E-state index is 0.170. The van der Waals surface area contributed by atoms with Crippen LogP contribution in [-0.2, 0) is 0 Å². The lowest BCUT2D eigenvalue weighted by Crippen LogP contribution is -2.55. The molecule has 1 saturated heterocycles. The molecule has 0 aromatic carbocycles. The molecule has 0 saturated carbocycles.